The predicted octanol–water partition coefficient (Wildman–Crippen LogP) is 2.44. The number of anilines is 1. The highest BCUT2D eigenvalue weighted by molar-refractivity contribution is 7.98. The van der Waals surface area contributed by atoms with Crippen molar-refractivity contribution in [3.8, 4) is 0 Å². The van der Waals surface area contributed by atoms with Crippen molar-refractivity contribution in [1.29, 1.82) is 0 Å². The zero-order valence-corrected chi connectivity index (χ0v) is 15.3. The minimum Gasteiger partial charge on any atom is -0.370 e. The van der Waals surface area contributed by atoms with Crippen molar-refractivity contribution in [3.05, 3.63) is 29.8 Å². The van der Waals surface area contributed by atoms with E-state index in [2.05, 4.69) is 36.2 Å². The van der Waals surface area contributed by atoms with Gasteiger partial charge in [0, 0.05) is 25.3 Å². The van der Waals surface area contributed by atoms with Crippen LogP contribution < -0.4 is 16.0 Å². The fraction of sp³-hybridized carbons (Fsp3) is 0.562. The first kappa shape index (κ1) is 21.1. The normalized spacial score (nSPS) is 11.5. The van der Waals surface area contributed by atoms with Crippen molar-refractivity contribution >= 4 is 35.8 Å². The van der Waals surface area contributed by atoms with Gasteiger partial charge in [-0.25, -0.2) is 0 Å². The molecule has 0 heterocycles. The van der Waals surface area contributed by atoms with Gasteiger partial charge in [0.2, 0.25) is 5.91 Å². The number of carbonyl (C=O) groups excluding carboxylic acids is 1. The van der Waals surface area contributed by atoms with Gasteiger partial charge in [-0.15, -0.1) is 12.4 Å². The van der Waals surface area contributed by atoms with Crippen molar-refractivity contribution in [2.24, 2.45) is 5.73 Å². The Morgan fingerprint density at radius 2 is 2.09 bits per heavy atom. The van der Waals surface area contributed by atoms with Crippen molar-refractivity contribution in [2.45, 2.75) is 26.3 Å². The summed E-state index contributed by atoms with van der Waals surface area (Å²) in [6, 6.07) is 7.91. The third kappa shape index (κ3) is 6.90. The molecule has 1 unspecified atom stereocenters. The summed E-state index contributed by atoms with van der Waals surface area (Å²) in [6.07, 6.45) is 2.74. The summed E-state index contributed by atoms with van der Waals surface area (Å²) in [7, 11) is 0. The smallest absolute Gasteiger partial charge is 0.237 e. The molecule has 1 aromatic carbocycles. The van der Waals surface area contributed by atoms with E-state index in [0.29, 0.717) is 6.54 Å². The molecule has 0 radical (unpaired) electrons. The average Bonchev–Trinajstić information content (AvgIpc) is 2.50. The fourth-order valence-corrected chi connectivity index (χ4v) is 2.68. The molecule has 1 aromatic rings. The van der Waals surface area contributed by atoms with E-state index >= 15 is 0 Å². The molecule has 0 fully saturated rings. The molecule has 1 atom stereocenters. The van der Waals surface area contributed by atoms with Crippen LogP contribution in [0.4, 0.5) is 5.69 Å². The number of halogens is 1. The van der Waals surface area contributed by atoms with E-state index in [-0.39, 0.29) is 18.3 Å². The molecule has 0 spiro atoms. The summed E-state index contributed by atoms with van der Waals surface area (Å²) in [4.78, 5) is 14.1. The second-order valence-corrected chi connectivity index (χ2v) is 6.03. The number of likely N-dealkylation sites (N-methyl/N-ethyl adjacent to an activating group) is 1. The standard InChI is InChI=1S/C16H27N3OS.ClH/c1-4-19(15-8-6-5-7-13(15)2)11-10-18-16(20)14(17)9-12-21-3;/h5-8,14H,4,9-12,17H2,1-3H3,(H,18,20);1H. The number of amides is 1. The first-order valence-electron chi connectivity index (χ1n) is 7.43. The Balaban J connectivity index is 0.00000441. The van der Waals surface area contributed by atoms with E-state index in [4.69, 9.17) is 5.73 Å². The third-order valence-electron chi connectivity index (χ3n) is 3.49. The first-order chi connectivity index (χ1) is 10.1. The lowest BCUT2D eigenvalue weighted by Gasteiger charge is -2.25. The van der Waals surface area contributed by atoms with Gasteiger partial charge in [0.15, 0.2) is 0 Å². The lowest BCUT2D eigenvalue weighted by molar-refractivity contribution is -0.122. The van der Waals surface area contributed by atoms with Crippen LogP contribution in [0.25, 0.3) is 0 Å². The second-order valence-electron chi connectivity index (χ2n) is 5.05. The molecule has 3 N–H and O–H groups in total. The second kappa shape index (κ2) is 11.6. The minimum absolute atomic E-state index is 0. The summed E-state index contributed by atoms with van der Waals surface area (Å²) in [6.45, 7) is 6.56. The molecule has 126 valence electrons. The van der Waals surface area contributed by atoms with Gasteiger partial charge in [0.05, 0.1) is 6.04 Å². The van der Waals surface area contributed by atoms with E-state index < -0.39 is 6.04 Å². The van der Waals surface area contributed by atoms with E-state index in [1.165, 1.54) is 11.3 Å². The number of nitrogens with two attached hydrogens (primary N) is 1. The van der Waals surface area contributed by atoms with Gasteiger partial charge in [0.1, 0.15) is 0 Å². The molecule has 0 bridgehead atoms. The first-order valence-corrected chi connectivity index (χ1v) is 8.82. The number of hydrogen-bond acceptors (Lipinski definition) is 4. The van der Waals surface area contributed by atoms with Gasteiger partial charge in [0.25, 0.3) is 0 Å². The van der Waals surface area contributed by atoms with Gasteiger partial charge in [-0.1, -0.05) is 18.2 Å². The SMILES string of the molecule is CCN(CCNC(=O)C(N)CCSC)c1ccccc1C.Cl. The van der Waals surface area contributed by atoms with Crippen LogP contribution in [0.15, 0.2) is 24.3 Å². The van der Waals surface area contributed by atoms with Crippen molar-refractivity contribution < 1.29 is 4.79 Å². The molecule has 1 amide bonds. The number of rotatable bonds is 9. The van der Waals surface area contributed by atoms with Gasteiger partial charge in [-0.3, -0.25) is 4.79 Å². The maximum absolute atomic E-state index is 11.9. The highest BCUT2D eigenvalue weighted by atomic mass is 35.5. The number of hydrogen-bond donors (Lipinski definition) is 2. The topological polar surface area (TPSA) is 58.4 Å². The van der Waals surface area contributed by atoms with Crippen LogP contribution in [0, 0.1) is 6.92 Å². The van der Waals surface area contributed by atoms with Crippen molar-refractivity contribution in [2.75, 3.05) is 36.5 Å². The van der Waals surface area contributed by atoms with Gasteiger partial charge in [-0.2, -0.15) is 11.8 Å². The molecular formula is C16H28ClN3OS. The van der Waals surface area contributed by atoms with Crippen LogP contribution in [0.3, 0.4) is 0 Å². The molecule has 0 saturated heterocycles. The highest BCUT2D eigenvalue weighted by Crippen LogP contribution is 2.18. The number of carbonyl (C=O) groups is 1. The number of nitrogens with one attached hydrogen (secondary N) is 1. The summed E-state index contributed by atoms with van der Waals surface area (Å²) < 4.78 is 0. The molecule has 0 aliphatic carbocycles. The molecule has 1 rings (SSSR count). The summed E-state index contributed by atoms with van der Waals surface area (Å²) in [5.74, 6) is 0.865. The maximum atomic E-state index is 11.9. The number of thioether (sulfide) groups is 1. The molecule has 0 aliphatic heterocycles. The minimum atomic E-state index is -0.397. The molecular weight excluding hydrogens is 318 g/mol. The van der Waals surface area contributed by atoms with Crippen LogP contribution in [0.5, 0.6) is 0 Å². The Bertz CT molecular complexity index is 445. The van der Waals surface area contributed by atoms with Gasteiger partial charge >= 0.3 is 0 Å². The maximum Gasteiger partial charge on any atom is 0.237 e. The number of para-hydroxylation sites is 1. The quantitative estimate of drug-likeness (QED) is 0.721. The van der Waals surface area contributed by atoms with Crippen LogP contribution in [-0.2, 0) is 4.79 Å². The Hall–Kier alpha value is -0.910. The zero-order valence-electron chi connectivity index (χ0n) is 13.7. The van der Waals surface area contributed by atoms with Crippen LogP contribution >= 0.6 is 24.2 Å². The number of nitrogens with zero attached hydrogens (tertiary/aromatic N) is 1. The molecule has 0 aliphatic rings. The Labute approximate surface area is 144 Å². The summed E-state index contributed by atoms with van der Waals surface area (Å²) in [5.41, 5.74) is 8.32. The lowest BCUT2D eigenvalue weighted by Crippen LogP contribution is -2.44. The van der Waals surface area contributed by atoms with Crippen LogP contribution in [0.2, 0.25) is 0 Å². The van der Waals surface area contributed by atoms with E-state index in [1.807, 2.05) is 18.4 Å². The molecule has 0 aromatic heterocycles. The van der Waals surface area contributed by atoms with Crippen LogP contribution in [0.1, 0.15) is 18.9 Å². The molecule has 4 nitrogen and oxygen atoms in total. The zero-order chi connectivity index (χ0) is 15.7. The summed E-state index contributed by atoms with van der Waals surface area (Å²) >= 11 is 1.71. The highest BCUT2D eigenvalue weighted by Gasteiger charge is 2.13. The Kier molecular flexibility index (Phi) is 11.1. The number of benzene rings is 1. The van der Waals surface area contributed by atoms with Gasteiger partial charge in [-0.05, 0) is 43.9 Å². The number of aryl methyl sites for hydroxylation is 1. The van der Waals surface area contributed by atoms with Crippen LogP contribution in [-0.4, -0.2) is 43.6 Å². The van der Waals surface area contributed by atoms with Crippen molar-refractivity contribution in [1.82, 2.24) is 5.32 Å². The predicted molar refractivity (Wildman–Crippen MR) is 100 cm³/mol. The molecule has 22 heavy (non-hydrogen) atoms. The Morgan fingerprint density at radius 1 is 1.41 bits per heavy atom. The molecule has 6 heteroatoms. The van der Waals surface area contributed by atoms with E-state index in [9.17, 15) is 4.79 Å². The van der Waals surface area contributed by atoms with E-state index in [0.717, 1.165) is 25.3 Å². The Morgan fingerprint density at radius 3 is 2.68 bits per heavy atom. The summed E-state index contributed by atoms with van der Waals surface area (Å²) in [5, 5.41) is 2.93. The monoisotopic (exact) mass is 345 g/mol. The lowest BCUT2D eigenvalue weighted by atomic mass is 10.2. The fourth-order valence-electron chi connectivity index (χ4n) is 2.19. The van der Waals surface area contributed by atoms with Gasteiger partial charge < -0.3 is 16.0 Å². The van der Waals surface area contributed by atoms with Crippen molar-refractivity contribution in [3.63, 3.8) is 0 Å². The average molecular weight is 346 g/mol. The largest absolute Gasteiger partial charge is 0.370 e. The van der Waals surface area contributed by atoms with E-state index in [1.54, 1.807) is 11.8 Å². The third-order valence-corrected chi connectivity index (χ3v) is 4.13. The molecule has 0 saturated carbocycles.